The van der Waals surface area contributed by atoms with Gasteiger partial charge in [0, 0.05) is 32.5 Å². The number of hydrogen-bond acceptors (Lipinski definition) is 5. The van der Waals surface area contributed by atoms with Crippen LogP contribution in [0.2, 0.25) is 0 Å². The second kappa shape index (κ2) is 8.27. The molecule has 4 atom stereocenters. The van der Waals surface area contributed by atoms with Crippen LogP contribution in [0.4, 0.5) is 4.39 Å². The molecule has 0 amide bonds. The molecule has 0 bridgehead atoms. The molecule has 0 N–H and O–H groups in total. The predicted molar refractivity (Wildman–Crippen MR) is 78.2 cm³/mol. The van der Waals surface area contributed by atoms with Crippen molar-refractivity contribution in [3.63, 3.8) is 0 Å². The summed E-state index contributed by atoms with van der Waals surface area (Å²) in [6.07, 6.45) is -0.305. The molecule has 0 saturated heterocycles. The lowest BCUT2D eigenvalue weighted by atomic mass is 9.79. The van der Waals surface area contributed by atoms with Crippen LogP contribution >= 0.6 is 23.5 Å². The monoisotopic (exact) mass is 308 g/mol. The van der Waals surface area contributed by atoms with Gasteiger partial charge in [0.15, 0.2) is 10.2 Å². The Balaban J connectivity index is 2.60. The number of hydrogen-bond donors (Lipinski definition) is 0. The van der Waals surface area contributed by atoms with E-state index in [4.69, 9.17) is 4.74 Å². The molecule has 0 spiro atoms. The normalized spacial score (nSPS) is 31.2. The van der Waals surface area contributed by atoms with Crippen molar-refractivity contribution in [2.45, 2.75) is 39.0 Å². The number of carbonyl (C=O) groups is 2. The fourth-order valence-electron chi connectivity index (χ4n) is 2.37. The largest absolute Gasteiger partial charge is 0.378 e. The highest BCUT2D eigenvalue weighted by atomic mass is 32.2. The number of methoxy groups -OCH3 is 1. The van der Waals surface area contributed by atoms with Crippen LogP contribution in [0.5, 0.6) is 0 Å². The van der Waals surface area contributed by atoms with Crippen molar-refractivity contribution in [1.29, 1.82) is 0 Å². The third-order valence-corrected chi connectivity index (χ3v) is 5.44. The molecule has 0 aromatic carbocycles. The summed E-state index contributed by atoms with van der Waals surface area (Å²) in [5.41, 5.74) is 0. The van der Waals surface area contributed by atoms with Gasteiger partial charge >= 0.3 is 0 Å². The first-order valence-electron chi connectivity index (χ1n) is 6.37. The molecule has 1 rings (SSSR count). The van der Waals surface area contributed by atoms with Crippen LogP contribution in [-0.4, -0.2) is 41.1 Å². The summed E-state index contributed by atoms with van der Waals surface area (Å²) >= 11 is 2.52. The first-order chi connectivity index (χ1) is 8.93. The molecule has 1 saturated carbocycles. The summed E-state index contributed by atoms with van der Waals surface area (Å²) in [6, 6.07) is 0. The van der Waals surface area contributed by atoms with E-state index >= 15 is 0 Å². The quantitative estimate of drug-likeness (QED) is 0.781. The zero-order valence-electron chi connectivity index (χ0n) is 11.6. The third-order valence-electron chi connectivity index (χ3n) is 3.44. The van der Waals surface area contributed by atoms with E-state index < -0.39 is 6.17 Å². The number of alkyl halides is 1. The number of carbonyl (C=O) groups excluding carboxylic acids is 2. The zero-order chi connectivity index (χ0) is 14.4. The van der Waals surface area contributed by atoms with E-state index in [1.54, 1.807) is 6.92 Å². The van der Waals surface area contributed by atoms with E-state index in [1.807, 2.05) is 0 Å². The number of ether oxygens (including phenoxy) is 1. The maximum Gasteiger partial charge on any atom is 0.185 e. The van der Waals surface area contributed by atoms with Gasteiger partial charge in [-0.1, -0.05) is 23.5 Å². The zero-order valence-corrected chi connectivity index (χ0v) is 13.2. The summed E-state index contributed by atoms with van der Waals surface area (Å²) in [7, 11) is 1.52. The van der Waals surface area contributed by atoms with Crippen molar-refractivity contribution in [1.82, 2.24) is 0 Å². The summed E-state index contributed by atoms with van der Waals surface area (Å²) < 4.78 is 19.1. The molecule has 0 radical (unpaired) electrons. The Bertz CT molecular complexity index is 325. The van der Waals surface area contributed by atoms with Crippen molar-refractivity contribution in [3.8, 4) is 0 Å². The van der Waals surface area contributed by atoms with Crippen LogP contribution < -0.4 is 0 Å². The van der Waals surface area contributed by atoms with E-state index in [2.05, 4.69) is 0 Å². The van der Waals surface area contributed by atoms with Crippen molar-refractivity contribution in [2.24, 2.45) is 11.8 Å². The molecule has 6 heteroatoms. The molecule has 0 aromatic rings. The molecule has 0 aliphatic heterocycles. The van der Waals surface area contributed by atoms with Crippen LogP contribution in [0.1, 0.15) is 26.7 Å². The van der Waals surface area contributed by atoms with E-state index in [0.29, 0.717) is 24.3 Å². The minimum atomic E-state index is -0.971. The van der Waals surface area contributed by atoms with Crippen LogP contribution in [-0.2, 0) is 14.3 Å². The lowest BCUT2D eigenvalue weighted by Gasteiger charge is -2.37. The molecule has 0 aromatic heterocycles. The second-order valence-corrected chi connectivity index (χ2v) is 7.28. The summed E-state index contributed by atoms with van der Waals surface area (Å²) in [5, 5.41) is 0.136. The third kappa shape index (κ3) is 5.83. The molecule has 1 aliphatic rings. The molecular weight excluding hydrogens is 287 g/mol. The molecular formula is C13H21FO3S2. The van der Waals surface area contributed by atoms with Gasteiger partial charge in [0.1, 0.15) is 6.17 Å². The van der Waals surface area contributed by atoms with Gasteiger partial charge < -0.3 is 4.74 Å². The highest BCUT2D eigenvalue weighted by Crippen LogP contribution is 2.37. The Labute approximate surface area is 122 Å². The van der Waals surface area contributed by atoms with Gasteiger partial charge in [0.05, 0.1) is 6.10 Å². The Morgan fingerprint density at radius 2 is 1.58 bits per heavy atom. The highest BCUT2D eigenvalue weighted by molar-refractivity contribution is 8.13. The maximum atomic E-state index is 13.9. The molecule has 3 nitrogen and oxygen atoms in total. The standard InChI is InChI=1S/C13H21FO3S2/c1-8(15)18-6-10-4-12(14)13(17-3)5-11(10)7-19-9(2)16/h10-13H,4-7H2,1-3H3/t10-,11-,12+,13+/m1/s1. The van der Waals surface area contributed by atoms with Crippen LogP contribution in [0.15, 0.2) is 0 Å². The fraction of sp³-hybridized carbons (Fsp3) is 0.846. The molecule has 1 fully saturated rings. The van der Waals surface area contributed by atoms with E-state index in [1.165, 1.54) is 37.6 Å². The van der Waals surface area contributed by atoms with Crippen LogP contribution in [0.3, 0.4) is 0 Å². The van der Waals surface area contributed by atoms with Crippen molar-refractivity contribution >= 4 is 33.8 Å². The lowest BCUT2D eigenvalue weighted by Crippen LogP contribution is -2.40. The lowest BCUT2D eigenvalue weighted by molar-refractivity contribution is -0.110. The number of thioether (sulfide) groups is 2. The Morgan fingerprint density at radius 1 is 1.11 bits per heavy atom. The minimum absolute atomic E-state index is 0.0576. The Kier molecular flexibility index (Phi) is 7.39. The topological polar surface area (TPSA) is 43.4 Å². The molecule has 0 heterocycles. The van der Waals surface area contributed by atoms with Gasteiger partial charge in [0.25, 0.3) is 0 Å². The first-order valence-corrected chi connectivity index (χ1v) is 8.34. The van der Waals surface area contributed by atoms with Crippen LogP contribution in [0.25, 0.3) is 0 Å². The van der Waals surface area contributed by atoms with Gasteiger partial charge in [-0.3, -0.25) is 9.59 Å². The minimum Gasteiger partial charge on any atom is -0.378 e. The van der Waals surface area contributed by atoms with Gasteiger partial charge in [-0.25, -0.2) is 4.39 Å². The predicted octanol–water partition coefficient (Wildman–Crippen LogP) is 2.93. The smallest absolute Gasteiger partial charge is 0.185 e. The first kappa shape index (κ1) is 17.0. The fourth-order valence-corrected chi connectivity index (χ4v) is 4.09. The van der Waals surface area contributed by atoms with E-state index in [0.717, 1.165) is 0 Å². The molecule has 19 heavy (non-hydrogen) atoms. The summed E-state index contributed by atoms with van der Waals surface area (Å²) in [4.78, 5) is 22.1. The van der Waals surface area contributed by atoms with Crippen molar-refractivity contribution < 1.29 is 18.7 Å². The van der Waals surface area contributed by atoms with Crippen LogP contribution in [0, 0.1) is 11.8 Å². The average molecular weight is 308 g/mol. The average Bonchev–Trinajstić information content (AvgIpc) is 2.34. The summed E-state index contributed by atoms with van der Waals surface area (Å²) in [5.74, 6) is 1.69. The number of rotatable bonds is 5. The van der Waals surface area contributed by atoms with Gasteiger partial charge in [-0.05, 0) is 24.7 Å². The SMILES string of the molecule is CO[C@H]1C[C@H](CSC(C)=O)[C@@H](CSC(C)=O)C[C@@H]1F. The van der Waals surface area contributed by atoms with E-state index in [-0.39, 0.29) is 28.2 Å². The van der Waals surface area contributed by atoms with Gasteiger partial charge in [0.2, 0.25) is 0 Å². The summed E-state index contributed by atoms with van der Waals surface area (Å²) in [6.45, 7) is 3.07. The van der Waals surface area contributed by atoms with Gasteiger partial charge in [-0.15, -0.1) is 0 Å². The number of halogens is 1. The molecule has 0 unspecified atom stereocenters. The van der Waals surface area contributed by atoms with E-state index in [9.17, 15) is 14.0 Å². The van der Waals surface area contributed by atoms with Crippen molar-refractivity contribution in [3.05, 3.63) is 0 Å². The Hall–Kier alpha value is -0.0700. The highest BCUT2D eigenvalue weighted by Gasteiger charge is 2.37. The second-order valence-electron chi connectivity index (χ2n) is 4.89. The van der Waals surface area contributed by atoms with Gasteiger partial charge in [-0.2, -0.15) is 0 Å². The molecule has 1 aliphatic carbocycles. The van der Waals surface area contributed by atoms with Crippen molar-refractivity contribution in [2.75, 3.05) is 18.6 Å². The Morgan fingerprint density at radius 3 is 2.00 bits per heavy atom. The molecule has 110 valence electrons. The maximum absolute atomic E-state index is 13.9.